The van der Waals surface area contributed by atoms with Crippen LogP contribution in [0.1, 0.15) is 39.5 Å². The number of aryl methyl sites for hydroxylation is 1. The smallest absolute Gasteiger partial charge is 0.335 e. The summed E-state index contributed by atoms with van der Waals surface area (Å²) in [6, 6.07) is 11.7. The third-order valence-corrected chi connectivity index (χ3v) is 5.85. The lowest BCUT2D eigenvalue weighted by atomic mass is 9.98. The molecule has 1 fully saturated rings. The van der Waals surface area contributed by atoms with Crippen molar-refractivity contribution in [3.63, 3.8) is 0 Å². The highest BCUT2D eigenvalue weighted by molar-refractivity contribution is 5.88. The molecule has 1 atom stereocenters. The van der Waals surface area contributed by atoms with E-state index in [-0.39, 0.29) is 6.04 Å². The maximum absolute atomic E-state index is 11.2. The molecule has 1 aromatic heterocycles. The normalized spacial score (nSPS) is 17.9. The lowest BCUT2D eigenvalue weighted by molar-refractivity contribution is 0.0697. The van der Waals surface area contributed by atoms with E-state index in [9.17, 15) is 9.90 Å². The van der Waals surface area contributed by atoms with Gasteiger partial charge in [0.2, 0.25) is 0 Å². The van der Waals surface area contributed by atoms with E-state index in [0.29, 0.717) is 5.56 Å². The molecular weight excluding hydrogens is 366 g/mol. The molecule has 0 aliphatic carbocycles. The first-order valence-electron chi connectivity index (χ1n) is 10.00. The fourth-order valence-electron chi connectivity index (χ4n) is 4.32. The Morgan fingerprint density at radius 1 is 1.24 bits per heavy atom. The molecule has 2 heterocycles. The van der Waals surface area contributed by atoms with Crippen LogP contribution in [-0.2, 0) is 6.54 Å². The molecule has 4 rings (SSSR count). The van der Waals surface area contributed by atoms with Gasteiger partial charge in [0.1, 0.15) is 5.75 Å². The van der Waals surface area contributed by atoms with E-state index in [1.807, 2.05) is 18.3 Å². The van der Waals surface area contributed by atoms with Crippen LogP contribution in [0, 0.1) is 6.92 Å². The van der Waals surface area contributed by atoms with Crippen molar-refractivity contribution in [1.82, 2.24) is 15.2 Å². The molecule has 6 heteroatoms. The number of ether oxygens (including phenoxy) is 1. The Morgan fingerprint density at radius 2 is 2.03 bits per heavy atom. The molecule has 0 bridgehead atoms. The second-order valence-electron chi connectivity index (χ2n) is 7.59. The highest BCUT2D eigenvalue weighted by Gasteiger charge is 2.25. The molecule has 152 valence electrons. The van der Waals surface area contributed by atoms with E-state index in [0.717, 1.165) is 49.4 Å². The van der Waals surface area contributed by atoms with E-state index in [4.69, 9.17) is 4.74 Å². The van der Waals surface area contributed by atoms with Gasteiger partial charge in [0.05, 0.1) is 12.7 Å². The molecule has 0 amide bonds. The van der Waals surface area contributed by atoms with Crippen LogP contribution < -0.4 is 10.1 Å². The van der Waals surface area contributed by atoms with Crippen LogP contribution >= 0.6 is 0 Å². The highest BCUT2D eigenvalue weighted by atomic mass is 16.5. The largest absolute Gasteiger partial charge is 0.496 e. The fourth-order valence-corrected chi connectivity index (χ4v) is 4.32. The number of aromatic nitrogens is 1. The van der Waals surface area contributed by atoms with Crippen molar-refractivity contribution in [2.24, 2.45) is 0 Å². The number of carbonyl (C=O) groups is 1. The Hall–Kier alpha value is -2.83. The average molecular weight is 393 g/mol. The lowest BCUT2D eigenvalue weighted by Crippen LogP contribution is -2.30. The van der Waals surface area contributed by atoms with Gasteiger partial charge in [-0.1, -0.05) is 12.1 Å². The Balaban J connectivity index is 1.70. The van der Waals surface area contributed by atoms with Crippen LogP contribution in [0.5, 0.6) is 5.75 Å². The van der Waals surface area contributed by atoms with E-state index >= 15 is 0 Å². The second-order valence-corrected chi connectivity index (χ2v) is 7.59. The summed E-state index contributed by atoms with van der Waals surface area (Å²) in [5.41, 5.74) is 4.97. The number of H-pyrrole nitrogens is 1. The molecule has 1 aliphatic rings. The molecule has 0 radical (unpaired) electrons. The van der Waals surface area contributed by atoms with Gasteiger partial charge in [-0.25, -0.2) is 4.79 Å². The maximum Gasteiger partial charge on any atom is 0.335 e. The molecule has 2 aromatic carbocycles. The first kappa shape index (κ1) is 19.5. The standard InChI is InChI=1S/C23H27N3O3/c1-15-13-21(29-2)19(18-7-10-25-22(15)18)14-26-12-11-24-9-8-20(26)16-3-5-17(6-4-16)23(27)28/h3-7,10,13,20,24-25H,8-9,11-12,14H2,1-2H3,(H,27,28). The number of fused-ring (bicyclic) bond motifs is 1. The zero-order valence-electron chi connectivity index (χ0n) is 16.9. The third-order valence-electron chi connectivity index (χ3n) is 5.85. The molecule has 1 aliphatic heterocycles. The molecule has 29 heavy (non-hydrogen) atoms. The van der Waals surface area contributed by atoms with E-state index < -0.39 is 5.97 Å². The number of carboxylic acid groups (broad SMARTS) is 1. The average Bonchev–Trinajstić information content (AvgIpc) is 3.11. The molecule has 3 aromatic rings. The molecule has 6 nitrogen and oxygen atoms in total. The summed E-state index contributed by atoms with van der Waals surface area (Å²) in [5, 5.41) is 13.9. The summed E-state index contributed by atoms with van der Waals surface area (Å²) >= 11 is 0. The number of nitrogens with zero attached hydrogens (tertiary/aromatic N) is 1. The summed E-state index contributed by atoms with van der Waals surface area (Å²) in [6.07, 6.45) is 2.95. The predicted molar refractivity (Wildman–Crippen MR) is 114 cm³/mol. The summed E-state index contributed by atoms with van der Waals surface area (Å²) in [5.74, 6) is 0.0157. The fraction of sp³-hybridized carbons (Fsp3) is 0.348. The first-order chi connectivity index (χ1) is 14.1. The van der Waals surface area contributed by atoms with Crippen molar-refractivity contribution < 1.29 is 14.6 Å². The number of aromatic carboxylic acids is 1. The van der Waals surface area contributed by atoms with E-state index in [1.54, 1.807) is 19.2 Å². The van der Waals surface area contributed by atoms with Crippen LogP contribution in [0.4, 0.5) is 0 Å². The molecule has 1 unspecified atom stereocenters. The van der Waals surface area contributed by atoms with Gasteiger partial charge in [-0.2, -0.15) is 0 Å². The van der Waals surface area contributed by atoms with Crippen LogP contribution in [0.25, 0.3) is 10.9 Å². The minimum absolute atomic E-state index is 0.216. The van der Waals surface area contributed by atoms with Gasteiger partial charge in [0.25, 0.3) is 0 Å². The molecule has 0 saturated carbocycles. The summed E-state index contributed by atoms with van der Waals surface area (Å²) in [4.78, 5) is 17.0. The van der Waals surface area contributed by atoms with Crippen LogP contribution in [0.15, 0.2) is 42.6 Å². The Kier molecular flexibility index (Phi) is 5.56. The van der Waals surface area contributed by atoms with Gasteiger partial charge >= 0.3 is 5.97 Å². The predicted octanol–water partition coefficient (Wildman–Crippen LogP) is 3.72. The number of carboxylic acids is 1. The zero-order valence-corrected chi connectivity index (χ0v) is 16.9. The number of aromatic amines is 1. The Morgan fingerprint density at radius 3 is 2.76 bits per heavy atom. The van der Waals surface area contributed by atoms with Crippen LogP contribution in [-0.4, -0.2) is 47.7 Å². The first-order valence-corrected chi connectivity index (χ1v) is 10.00. The van der Waals surface area contributed by atoms with Crippen molar-refractivity contribution in [2.45, 2.75) is 25.9 Å². The number of hydrogen-bond donors (Lipinski definition) is 3. The van der Waals surface area contributed by atoms with Crippen molar-refractivity contribution in [3.8, 4) is 5.75 Å². The van der Waals surface area contributed by atoms with Gasteiger partial charge in [-0.05, 0) is 55.3 Å². The van der Waals surface area contributed by atoms with Gasteiger partial charge in [-0.15, -0.1) is 0 Å². The summed E-state index contributed by atoms with van der Waals surface area (Å²) in [7, 11) is 1.73. The van der Waals surface area contributed by atoms with Crippen molar-refractivity contribution >= 4 is 16.9 Å². The number of methoxy groups -OCH3 is 1. The zero-order chi connectivity index (χ0) is 20.4. The number of benzene rings is 2. The van der Waals surface area contributed by atoms with Gasteiger partial charge in [0.15, 0.2) is 0 Å². The lowest BCUT2D eigenvalue weighted by Gasteiger charge is -2.31. The Bertz CT molecular complexity index is 1010. The Labute approximate surface area is 170 Å². The minimum atomic E-state index is -0.893. The van der Waals surface area contributed by atoms with Crippen LogP contribution in [0.2, 0.25) is 0 Å². The van der Waals surface area contributed by atoms with E-state index in [1.165, 1.54) is 16.5 Å². The quantitative estimate of drug-likeness (QED) is 0.616. The third kappa shape index (κ3) is 3.86. The molecule has 0 spiro atoms. The SMILES string of the molecule is COc1cc(C)c2[nH]ccc2c1CN1CCNCCC1c1ccc(C(=O)O)cc1. The molecular formula is C23H27N3O3. The molecule has 1 saturated heterocycles. The number of nitrogens with one attached hydrogen (secondary N) is 2. The molecule has 3 N–H and O–H groups in total. The second kappa shape index (κ2) is 8.27. The van der Waals surface area contributed by atoms with Gasteiger partial charge in [0, 0.05) is 48.3 Å². The minimum Gasteiger partial charge on any atom is -0.496 e. The summed E-state index contributed by atoms with van der Waals surface area (Å²) in [6.45, 7) is 5.63. The van der Waals surface area contributed by atoms with Crippen molar-refractivity contribution in [1.29, 1.82) is 0 Å². The number of rotatable bonds is 5. The van der Waals surface area contributed by atoms with Gasteiger partial charge < -0.3 is 20.1 Å². The monoisotopic (exact) mass is 393 g/mol. The van der Waals surface area contributed by atoms with Crippen molar-refractivity contribution in [2.75, 3.05) is 26.7 Å². The van der Waals surface area contributed by atoms with Crippen LogP contribution in [0.3, 0.4) is 0 Å². The number of hydrogen-bond acceptors (Lipinski definition) is 4. The maximum atomic E-state index is 11.2. The van der Waals surface area contributed by atoms with Crippen molar-refractivity contribution in [3.05, 3.63) is 64.8 Å². The van der Waals surface area contributed by atoms with E-state index in [2.05, 4.69) is 34.3 Å². The summed E-state index contributed by atoms with van der Waals surface area (Å²) < 4.78 is 5.74. The van der Waals surface area contributed by atoms with Gasteiger partial charge in [-0.3, -0.25) is 4.90 Å². The topological polar surface area (TPSA) is 77.6 Å². The highest BCUT2D eigenvalue weighted by Crippen LogP contribution is 2.34.